The molecule has 0 aliphatic carbocycles. The van der Waals surface area contributed by atoms with Crippen molar-refractivity contribution in [1.82, 2.24) is 4.98 Å². The van der Waals surface area contributed by atoms with Crippen molar-refractivity contribution in [3.8, 4) is 0 Å². The minimum Gasteiger partial charge on any atom is -0.322 e. The summed E-state index contributed by atoms with van der Waals surface area (Å²) in [7, 11) is 0. The van der Waals surface area contributed by atoms with Crippen molar-refractivity contribution in [2.24, 2.45) is 0 Å². The number of hydrogen-bond donors (Lipinski definition) is 3. The summed E-state index contributed by atoms with van der Waals surface area (Å²) in [6, 6.07) is 28.9. The Morgan fingerprint density at radius 1 is 0.656 bits per heavy atom. The van der Waals surface area contributed by atoms with Crippen LogP contribution in [0.1, 0.15) is 10.4 Å². The lowest BCUT2D eigenvalue weighted by Gasteiger charge is -2.10. The number of carbonyl (C=O) groups excluding carboxylic acids is 2. The van der Waals surface area contributed by atoms with Crippen LogP contribution in [0.25, 0.3) is 0 Å². The molecule has 0 spiro atoms. The maximum Gasteiger partial charge on any atom is 0.323 e. The maximum atomic E-state index is 12.6. The first-order valence-corrected chi connectivity index (χ1v) is 10.7. The minimum absolute atomic E-state index is 0.231. The fourth-order valence-corrected chi connectivity index (χ4v) is 3.67. The van der Waals surface area contributed by atoms with Crippen LogP contribution in [0.15, 0.2) is 113 Å². The zero-order valence-electron chi connectivity index (χ0n) is 17.0. The molecule has 7 heteroatoms. The zero-order valence-corrected chi connectivity index (χ0v) is 17.8. The number of urea groups is 1. The molecule has 4 aromatic rings. The second kappa shape index (κ2) is 10.3. The molecule has 6 nitrogen and oxygen atoms in total. The van der Waals surface area contributed by atoms with Crippen LogP contribution in [0.2, 0.25) is 0 Å². The summed E-state index contributed by atoms with van der Waals surface area (Å²) in [6.45, 7) is 0. The van der Waals surface area contributed by atoms with E-state index in [1.54, 1.807) is 54.7 Å². The van der Waals surface area contributed by atoms with Crippen LogP contribution in [0.5, 0.6) is 0 Å². The molecule has 0 aliphatic heterocycles. The molecule has 1 aromatic heterocycles. The molecule has 3 aromatic carbocycles. The zero-order chi connectivity index (χ0) is 22.2. The summed E-state index contributed by atoms with van der Waals surface area (Å²) in [5.41, 5.74) is 2.38. The quantitative estimate of drug-likeness (QED) is 0.337. The first-order valence-electron chi connectivity index (χ1n) is 9.89. The molecular weight excluding hydrogens is 420 g/mol. The molecule has 0 atom stereocenters. The Balaban J connectivity index is 1.35. The molecule has 1 heterocycles. The van der Waals surface area contributed by atoms with Gasteiger partial charge in [-0.3, -0.25) is 4.79 Å². The topological polar surface area (TPSA) is 83.1 Å². The summed E-state index contributed by atoms with van der Waals surface area (Å²) in [5.74, 6) is -0.231. The Morgan fingerprint density at radius 2 is 1.31 bits per heavy atom. The number of carbonyl (C=O) groups is 2. The third kappa shape index (κ3) is 5.96. The van der Waals surface area contributed by atoms with Gasteiger partial charge in [-0.2, -0.15) is 0 Å². The van der Waals surface area contributed by atoms with Crippen molar-refractivity contribution in [3.05, 3.63) is 109 Å². The van der Waals surface area contributed by atoms with E-state index in [2.05, 4.69) is 20.9 Å². The van der Waals surface area contributed by atoms with Gasteiger partial charge in [-0.15, -0.1) is 0 Å². The van der Waals surface area contributed by atoms with Crippen molar-refractivity contribution in [2.45, 2.75) is 9.92 Å². The van der Waals surface area contributed by atoms with Gasteiger partial charge in [-0.25, -0.2) is 9.78 Å². The van der Waals surface area contributed by atoms with Crippen molar-refractivity contribution < 1.29 is 9.59 Å². The molecule has 4 rings (SSSR count). The number of anilines is 3. The van der Waals surface area contributed by atoms with Gasteiger partial charge in [-0.1, -0.05) is 42.1 Å². The largest absolute Gasteiger partial charge is 0.323 e. The van der Waals surface area contributed by atoms with Crippen LogP contribution in [0, 0.1) is 0 Å². The molecule has 0 saturated heterocycles. The lowest BCUT2D eigenvalue weighted by molar-refractivity contribution is 0.102. The summed E-state index contributed by atoms with van der Waals surface area (Å²) in [4.78, 5) is 30.1. The number of nitrogens with zero attached hydrogens (tertiary/aromatic N) is 1. The smallest absolute Gasteiger partial charge is 0.322 e. The van der Waals surface area contributed by atoms with E-state index >= 15 is 0 Å². The number of aromatic nitrogens is 1. The van der Waals surface area contributed by atoms with Crippen LogP contribution < -0.4 is 16.0 Å². The Morgan fingerprint density at radius 3 is 2.03 bits per heavy atom. The van der Waals surface area contributed by atoms with E-state index in [0.29, 0.717) is 22.6 Å². The maximum absolute atomic E-state index is 12.6. The van der Waals surface area contributed by atoms with Crippen LogP contribution in [-0.2, 0) is 0 Å². The summed E-state index contributed by atoms with van der Waals surface area (Å²) >= 11 is 1.53. The molecular formula is C25H20N4O2S. The van der Waals surface area contributed by atoms with Crippen LogP contribution in [-0.4, -0.2) is 16.9 Å². The van der Waals surface area contributed by atoms with Crippen LogP contribution in [0.4, 0.5) is 21.9 Å². The van der Waals surface area contributed by atoms with Crippen molar-refractivity contribution >= 4 is 40.8 Å². The molecule has 158 valence electrons. The first kappa shape index (κ1) is 21.1. The second-order valence-corrected chi connectivity index (χ2v) is 7.87. The highest BCUT2D eigenvalue weighted by Gasteiger charge is 2.08. The normalized spacial score (nSPS) is 10.2. The monoisotopic (exact) mass is 440 g/mol. The molecule has 3 amide bonds. The first-order chi connectivity index (χ1) is 15.7. The molecule has 3 N–H and O–H groups in total. The number of amides is 3. The number of hydrogen-bond acceptors (Lipinski definition) is 4. The van der Waals surface area contributed by atoms with Gasteiger partial charge in [0.2, 0.25) is 0 Å². The molecule has 0 saturated carbocycles. The fourth-order valence-electron chi connectivity index (χ4n) is 2.90. The predicted octanol–water partition coefficient (Wildman–Crippen LogP) is 6.13. The minimum atomic E-state index is -0.360. The van der Waals surface area contributed by atoms with Gasteiger partial charge < -0.3 is 16.0 Å². The van der Waals surface area contributed by atoms with Crippen LogP contribution >= 0.6 is 11.8 Å². The highest BCUT2D eigenvalue weighted by molar-refractivity contribution is 7.99. The Labute approximate surface area is 190 Å². The SMILES string of the molecule is O=C(Nc1ccccc1)Nc1cccc(NC(=O)c2ccc(Sc3ccccn3)cc2)c1. The summed E-state index contributed by atoms with van der Waals surface area (Å²) in [6.07, 6.45) is 1.75. The lowest BCUT2D eigenvalue weighted by Crippen LogP contribution is -2.19. The fraction of sp³-hybridized carbons (Fsp3) is 0. The van der Waals surface area contributed by atoms with Crippen molar-refractivity contribution in [3.63, 3.8) is 0 Å². The molecule has 0 aliphatic rings. The Hall–Kier alpha value is -4.10. The summed E-state index contributed by atoms with van der Waals surface area (Å²) in [5, 5.41) is 9.27. The molecule has 0 unspecified atom stereocenters. The van der Waals surface area contributed by atoms with E-state index in [-0.39, 0.29) is 11.9 Å². The van der Waals surface area contributed by atoms with E-state index in [4.69, 9.17) is 0 Å². The average molecular weight is 441 g/mol. The van der Waals surface area contributed by atoms with Gasteiger partial charge in [0.25, 0.3) is 5.91 Å². The van der Waals surface area contributed by atoms with E-state index < -0.39 is 0 Å². The van der Waals surface area contributed by atoms with E-state index in [9.17, 15) is 9.59 Å². The van der Waals surface area contributed by atoms with Gasteiger partial charge in [0, 0.05) is 33.7 Å². The lowest BCUT2D eigenvalue weighted by atomic mass is 10.2. The van der Waals surface area contributed by atoms with Gasteiger partial charge >= 0.3 is 6.03 Å². The Bertz CT molecular complexity index is 1200. The van der Waals surface area contributed by atoms with Crippen molar-refractivity contribution in [2.75, 3.05) is 16.0 Å². The highest BCUT2D eigenvalue weighted by atomic mass is 32.2. The third-order valence-electron chi connectivity index (χ3n) is 4.39. The Kier molecular flexibility index (Phi) is 6.79. The molecule has 0 fully saturated rings. The van der Waals surface area contributed by atoms with E-state index in [0.717, 1.165) is 9.92 Å². The van der Waals surface area contributed by atoms with Gasteiger partial charge in [0.15, 0.2) is 0 Å². The standard InChI is InChI=1S/C25H20N4O2S/c30-24(18-12-14-22(15-13-18)32-23-11-4-5-16-26-23)27-20-9-6-10-21(17-20)29-25(31)28-19-7-2-1-3-8-19/h1-17H,(H,27,30)(H2,28,29,31). The number of pyridine rings is 1. The number of nitrogens with one attached hydrogen (secondary N) is 3. The number of para-hydroxylation sites is 1. The number of rotatable bonds is 6. The number of benzene rings is 3. The van der Waals surface area contributed by atoms with E-state index in [1.165, 1.54) is 11.8 Å². The third-order valence-corrected chi connectivity index (χ3v) is 5.35. The summed E-state index contributed by atoms with van der Waals surface area (Å²) < 4.78 is 0. The van der Waals surface area contributed by atoms with Crippen LogP contribution in [0.3, 0.4) is 0 Å². The van der Waals surface area contributed by atoms with Gasteiger partial charge in [-0.05, 0) is 66.7 Å². The predicted molar refractivity (Wildman–Crippen MR) is 128 cm³/mol. The van der Waals surface area contributed by atoms with Gasteiger partial charge in [0.05, 0.1) is 0 Å². The van der Waals surface area contributed by atoms with E-state index in [1.807, 2.05) is 48.5 Å². The highest BCUT2D eigenvalue weighted by Crippen LogP contribution is 2.26. The van der Waals surface area contributed by atoms with Gasteiger partial charge in [0.1, 0.15) is 5.03 Å². The second-order valence-electron chi connectivity index (χ2n) is 6.77. The molecule has 32 heavy (non-hydrogen) atoms. The van der Waals surface area contributed by atoms with Crippen molar-refractivity contribution in [1.29, 1.82) is 0 Å². The average Bonchev–Trinajstić information content (AvgIpc) is 2.81. The molecule has 0 radical (unpaired) electrons. The molecule has 0 bridgehead atoms.